The number of pyridine rings is 1. The van der Waals surface area contributed by atoms with Gasteiger partial charge in [0.25, 0.3) is 0 Å². The zero-order chi connectivity index (χ0) is 12.7. The van der Waals surface area contributed by atoms with Gasteiger partial charge in [-0.3, -0.25) is 4.98 Å². The van der Waals surface area contributed by atoms with E-state index in [4.69, 9.17) is 0 Å². The van der Waals surface area contributed by atoms with Gasteiger partial charge in [0.1, 0.15) is 0 Å². The fourth-order valence-electron chi connectivity index (χ4n) is 2.41. The summed E-state index contributed by atoms with van der Waals surface area (Å²) in [7, 11) is 0. The Labute approximate surface area is 109 Å². The van der Waals surface area contributed by atoms with Crippen LogP contribution in [0.3, 0.4) is 0 Å². The Kier molecular flexibility index (Phi) is 2.74. The van der Waals surface area contributed by atoms with E-state index in [-0.39, 0.29) is 0 Å². The van der Waals surface area contributed by atoms with Crippen molar-refractivity contribution < 1.29 is 9.90 Å². The highest BCUT2D eigenvalue weighted by Crippen LogP contribution is 2.31. The molecule has 4 heteroatoms. The number of rotatable bonds is 1. The molecule has 3 nitrogen and oxygen atoms in total. The standard InChI is InChI=1S/C14H13NO2S/c1-8-2-3-9-12(6-8)15-11-4-5-18-7-10(11)13(9)14(16)17/h2-3,6H,4-5,7H2,1H3,(H,16,17). The van der Waals surface area contributed by atoms with E-state index in [2.05, 4.69) is 4.98 Å². The quantitative estimate of drug-likeness (QED) is 0.855. The Bertz CT molecular complexity index is 652. The summed E-state index contributed by atoms with van der Waals surface area (Å²) in [5, 5.41) is 10.2. The highest BCUT2D eigenvalue weighted by atomic mass is 32.2. The predicted molar refractivity (Wildman–Crippen MR) is 73.3 cm³/mol. The van der Waals surface area contributed by atoms with Gasteiger partial charge in [-0.1, -0.05) is 12.1 Å². The molecule has 0 fully saturated rings. The van der Waals surface area contributed by atoms with E-state index < -0.39 is 5.97 Å². The van der Waals surface area contributed by atoms with E-state index in [1.165, 1.54) is 0 Å². The molecule has 0 saturated carbocycles. The smallest absolute Gasteiger partial charge is 0.336 e. The Balaban J connectivity index is 2.40. The second-order valence-electron chi connectivity index (χ2n) is 4.54. The van der Waals surface area contributed by atoms with Crippen molar-refractivity contribution in [2.75, 3.05) is 5.75 Å². The van der Waals surface area contributed by atoms with Gasteiger partial charge < -0.3 is 5.11 Å². The predicted octanol–water partition coefficient (Wildman–Crippen LogP) is 3.03. The Morgan fingerprint density at radius 1 is 1.44 bits per heavy atom. The van der Waals surface area contributed by atoms with E-state index in [1.807, 2.05) is 25.1 Å². The largest absolute Gasteiger partial charge is 0.478 e. The molecule has 1 N–H and O–H groups in total. The van der Waals surface area contributed by atoms with Crippen molar-refractivity contribution in [2.24, 2.45) is 0 Å². The van der Waals surface area contributed by atoms with Crippen LogP contribution >= 0.6 is 11.8 Å². The van der Waals surface area contributed by atoms with Gasteiger partial charge in [-0.25, -0.2) is 4.79 Å². The molecule has 0 atom stereocenters. The van der Waals surface area contributed by atoms with Crippen LogP contribution < -0.4 is 0 Å². The van der Waals surface area contributed by atoms with Crippen molar-refractivity contribution in [1.29, 1.82) is 0 Å². The summed E-state index contributed by atoms with van der Waals surface area (Å²) in [5.74, 6) is 0.939. The van der Waals surface area contributed by atoms with Gasteiger partial charge in [-0.15, -0.1) is 0 Å². The number of nitrogens with zero attached hydrogens (tertiary/aromatic N) is 1. The summed E-state index contributed by atoms with van der Waals surface area (Å²) >= 11 is 1.78. The molecule has 0 saturated heterocycles. The molecule has 0 radical (unpaired) electrons. The van der Waals surface area contributed by atoms with E-state index in [0.717, 1.165) is 45.7 Å². The Morgan fingerprint density at radius 2 is 2.28 bits per heavy atom. The SMILES string of the molecule is Cc1ccc2c(C(=O)O)c3c(nc2c1)CCSC3. The van der Waals surface area contributed by atoms with E-state index in [9.17, 15) is 9.90 Å². The number of hydrogen-bond acceptors (Lipinski definition) is 3. The number of thioether (sulfide) groups is 1. The molecular formula is C14H13NO2S. The topological polar surface area (TPSA) is 50.2 Å². The van der Waals surface area contributed by atoms with Gasteiger partial charge >= 0.3 is 5.97 Å². The normalized spacial score (nSPS) is 14.5. The number of benzene rings is 1. The molecule has 18 heavy (non-hydrogen) atoms. The van der Waals surface area contributed by atoms with Crippen LogP contribution in [-0.4, -0.2) is 21.8 Å². The molecule has 2 aromatic rings. The van der Waals surface area contributed by atoms with Gasteiger partial charge in [-0.05, 0) is 36.3 Å². The number of carbonyl (C=O) groups is 1. The molecule has 0 bridgehead atoms. The second kappa shape index (κ2) is 4.28. The van der Waals surface area contributed by atoms with E-state index in [1.54, 1.807) is 11.8 Å². The molecular weight excluding hydrogens is 246 g/mol. The maximum atomic E-state index is 11.5. The average Bonchev–Trinajstić information content (AvgIpc) is 2.35. The zero-order valence-electron chi connectivity index (χ0n) is 10.1. The third-order valence-electron chi connectivity index (χ3n) is 3.27. The van der Waals surface area contributed by atoms with Gasteiger partial charge in [0, 0.05) is 16.8 Å². The van der Waals surface area contributed by atoms with Crippen LogP contribution in [0, 0.1) is 6.92 Å². The lowest BCUT2D eigenvalue weighted by molar-refractivity contribution is 0.0698. The van der Waals surface area contributed by atoms with Crippen LogP contribution in [0.2, 0.25) is 0 Å². The van der Waals surface area contributed by atoms with Gasteiger partial charge in [0.15, 0.2) is 0 Å². The fraction of sp³-hybridized carbons (Fsp3) is 0.286. The Hall–Kier alpha value is -1.55. The first kappa shape index (κ1) is 11.5. The molecule has 0 unspecified atom stereocenters. The van der Waals surface area contributed by atoms with Crippen molar-refractivity contribution in [1.82, 2.24) is 4.98 Å². The van der Waals surface area contributed by atoms with Crippen LogP contribution in [0.1, 0.15) is 27.2 Å². The first-order valence-corrected chi connectivity index (χ1v) is 7.05. The summed E-state index contributed by atoms with van der Waals surface area (Å²) in [5.41, 5.74) is 4.23. The minimum Gasteiger partial charge on any atom is -0.478 e. The molecule has 92 valence electrons. The lowest BCUT2D eigenvalue weighted by Gasteiger charge is -2.18. The monoisotopic (exact) mass is 259 g/mol. The zero-order valence-corrected chi connectivity index (χ0v) is 10.9. The number of carboxylic acid groups (broad SMARTS) is 1. The second-order valence-corrected chi connectivity index (χ2v) is 5.65. The summed E-state index contributed by atoms with van der Waals surface area (Å²) in [6.45, 7) is 2.00. The lowest BCUT2D eigenvalue weighted by Crippen LogP contribution is -2.13. The van der Waals surface area contributed by atoms with Crippen molar-refractivity contribution >= 4 is 28.6 Å². The number of fused-ring (bicyclic) bond motifs is 2. The molecule has 2 heterocycles. The van der Waals surface area contributed by atoms with Crippen LogP contribution in [0.5, 0.6) is 0 Å². The maximum absolute atomic E-state index is 11.5. The third kappa shape index (κ3) is 1.77. The minimum absolute atomic E-state index is 0.446. The number of carboxylic acids is 1. The van der Waals surface area contributed by atoms with Gasteiger partial charge in [0.05, 0.1) is 11.1 Å². The molecule has 3 rings (SSSR count). The van der Waals surface area contributed by atoms with Crippen molar-refractivity contribution in [3.05, 3.63) is 40.6 Å². The summed E-state index contributed by atoms with van der Waals surface area (Å²) in [4.78, 5) is 16.2. The van der Waals surface area contributed by atoms with Crippen molar-refractivity contribution in [3.8, 4) is 0 Å². The molecule has 0 aliphatic carbocycles. The number of hydrogen-bond donors (Lipinski definition) is 1. The summed E-state index contributed by atoms with van der Waals surface area (Å²) in [6.07, 6.45) is 0.865. The summed E-state index contributed by atoms with van der Waals surface area (Å²) in [6, 6.07) is 5.78. The van der Waals surface area contributed by atoms with Crippen molar-refractivity contribution in [2.45, 2.75) is 19.1 Å². The minimum atomic E-state index is -0.843. The van der Waals surface area contributed by atoms with Crippen LogP contribution in [0.15, 0.2) is 18.2 Å². The molecule has 1 aromatic heterocycles. The summed E-state index contributed by atoms with van der Waals surface area (Å²) < 4.78 is 0. The lowest BCUT2D eigenvalue weighted by atomic mass is 9.99. The first-order valence-electron chi connectivity index (χ1n) is 5.90. The number of aryl methyl sites for hydroxylation is 2. The molecule has 1 aromatic carbocycles. The van der Waals surface area contributed by atoms with Crippen LogP contribution in [0.25, 0.3) is 10.9 Å². The molecule has 1 aliphatic rings. The Morgan fingerprint density at radius 3 is 3.06 bits per heavy atom. The highest BCUT2D eigenvalue weighted by Gasteiger charge is 2.22. The first-order chi connectivity index (χ1) is 8.66. The van der Waals surface area contributed by atoms with Crippen LogP contribution in [-0.2, 0) is 12.2 Å². The fourth-order valence-corrected chi connectivity index (χ4v) is 3.41. The third-order valence-corrected chi connectivity index (χ3v) is 4.26. The van der Waals surface area contributed by atoms with E-state index in [0.29, 0.717) is 5.56 Å². The number of aromatic nitrogens is 1. The van der Waals surface area contributed by atoms with Gasteiger partial charge in [-0.2, -0.15) is 11.8 Å². The van der Waals surface area contributed by atoms with E-state index >= 15 is 0 Å². The highest BCUT2D eigenvalue weighted by molar-refractivity contribution is 7.98. The van der Waals surface area contributed by atoms with Crippen LogP contribution in [0.4, 0.5) is 0 Å². The van der Waals surface area contributed by atoms with Gasteiger partial charge in [0.2, 0.25) is 0 Å². The molecule has 1 aliphatic heterocycles. The molecule has 0 amide bonds. The number of aromatic carboxylic acids is 1. The maximum Gasteiger partial charge on any atom is 0.336 e. The van der Waals surface area contributed by atoms with Crippen molar-refractivity contribution in [3.63, 3.8) is 0 Å². The average molecular weight is 259 g/mol. The molecule has 0 spiro atoms.